The van der Waals surface area contributed by atoms with Crippen LogP contribution in [-0.4, -0.2) is 40.2 Å². The average Bonchev–Trinajstić information content (AvgIpc) is 2.58. The fourth-order valence-corrected chi connectivity index (χ4v) is 5.69. The van der Waals surface area contributed by atoms with Gasteiger partial charge in [0.2, 0.25) is 0 Å². The number of thioether (sulfide) groups is 3. The summed E-state index contributed by atoms with van der Waals surface area (Å²) in [6.07, 6.45) is 0. The molecule has 1 nitrogen and oxygen atoms in total. The lowest BCUT2D eigenvalue weighted by Crippen LogP contribution is -2.34. The van der Waals surface area contributed by atoms with Crippen LogP contribution < -0.4 is 5.32 Å². The summed E-state index contributed by atoms with van der Waals surface area (Å²) in [5.74, 6) is 5.38. The van der Waals surface area contributed by atoms with Gasteiger partial charge in [0.05, 0.1) is 5.37 Å². The van der Waals surface area contributed by atoms with Crippen LogP contribution in [0, 0.1) is 0 Å². The van der Waals surface area contributed by atoms with Gasteiger partial charge in [0.1, 0.15) is 0 Å². The fraction of sp³-hybridized carbons (Fsp3) is 1.00. The summed E-state index contributed by atoms with van der Waals surface area (Å²) in [6, 6.07) is 0. The maximum atomic E-state index is 3.56. The normalized spacial score (nSPS) is 39.3. The Morgan fingerprint density at radius 1 is 1.09 bits per heavy atom. The molecule has 0 aliphatic carbocycles. The molecule has 2 rings (SSSR count). The quantitative estimate of drug-likeness (QED) is 0.699. The van der Waals surface area contributed by atoms with E-state index < -0.39 is 0 Å². The third-order valence-electron chi connectivity index (χ3n) is 1.92. The molecule has 2 unspecified atom stereocenters. The first kappa shape index (κ1) is 8.60. The van der Waals surface area contributed by atoms with Crippen molar-refractivity contribution in [2.24, 2.45) is 0 Å². The highest BCUT2D eigenvalue weighted by Gasteiger charge is 2.26. The predicted molar refractivity (Wildman–Crippen MR) is 57.8 cm³/mol. The summed E-state index contributed by atoms with van der Waals surface area (Å²) in [5, 5.41) is 5.19. The Balaban J connectivity index is 1.82. The number of rotatable bonds is 1. The van der Waals surface area contributed by atoms with Crippen LogP contribution in [0.25, 0.3) is 0 Å². The summed E-state index contributed by atoms with van der Waals surface area (Å²) in [4.78, 5) is 0. The number of hydrogen-bond acceptors (Lipinski definition) is 4. The molecule has 2 aliphatic rings. The van der Waals surface area contributed by atoms with E-state index in [1.807, 2.05) is 0 Å². The molecule has 1 N–H and O–H groups in total. The second-order valence-corrected chi connectivity index (χ2v) is 6.48. The highest BCUT2D eigenvalue weighted by atomic mass is 32.2. The van der Waals surface area contributed by atoms with Crippen molar-refractivity contribution < 1.29 is 0 Å². The molecule has 0 aromatic rings. The highest BCUT2D eigenvalue weighted by Crippen LogP contribution is 2.32. The second kappa shape index (κ2) is 4.30. The second-order valence-electron chi connectivity index (χ2n) is 2.73. The van der Waals surface area contributed by atoms with Crippen LogP contribution in [0.4, 0.5) is 0 Å². The first-order valence-electron chi connectivity index (χ1n) is 4.01. The third kappa shape index (κ3) is 2.23. The summed E-state index contributed by atoms with van der Waals surface area (Å²) < 4.78 is 0. The van der Waals surface area contributed by atoms with E-state index >= 15 is 0 Å². The van der Waals surface area contributed by atoms with Crippen molar-refractivity contribution in [1.29, 1.82) is 0 Å². The van der Waals surface area contributed by atoms with Gasteiger partial charge in [-0.25, -0.2) is 0 Å². The van der Waals surface area contributed by atoms with Crippen molar-refractivity contribution in [2.45, 2.75) is 10.6 Å². The molecule has 0 aromatic carbocycles. The van der Waals surface area contributed by atoms with Gasteiger partial charge in [0.15, 0.2) is 0 Å². The monoisotopic (exact) mass is 207 g/mol. The summed E-state index contributed by atoms with van der Waals surface area (Å²) >= 11 is 6.38. The predicted octanol–water partition coefficient (Wildman–Crippen LogP) is 1.50. The minimum absolute atomic E-state index is 0.757. The van der Waals surface area contributed by atoms with Crippen LogP contribution in [0.2, 0.25) is 0 Å². The van der Waals surface area contributed by atoms with Crippen molar-refractivity contribution in [3.8, 4) is 0 Å². The zero-order valence-corrected chi connectivity index (χ0v) is 8.86. The first-order chi connectivity index (χ1) is 5.47. The summed E-state index contributed by atoms with van der Waals surface area (Å²) in [7, 11) is 0. The highest BCUT2D eigenvalue weighted by molar-refractivity contribution is 8.08. The molecular weight excluding hydrogens is 194 g/mol. The van der Waals surface area contributed by atoms with Crippen LogP contribution >= 0.6 is 35.3 Å². The van der Waals surface area contributed by atoms with Gasteiger partial charge in [-0.2, -0.15) is 23.5 Å². The Labute approximate surface area is 80.8 Å². The van der Waals surface area contributed by atoms with Crippen molar-refractivity contribution in [3.63, 3.8) is 0 Å². The van der Waals surface area contributed by atoms with Gasteiger partial charge in [0.25, 0.3) is 0 Å². The fourth-order valence-electron chi connectivity index (χ4n) is 1.37. The molecule has 0 saturated carbocycles. The topological polar surface area (TPSA) is 12.0 Å². The smallest absolute Gasteiger partial charge is 0.0661 e. The first-order valence-corrected chi connectivity index (χ1v) is 7.26. The molecule has 0 radical (unpaired) electrons. The Hall–Kier alpha value is 1.01. The Morgan fingerprint density at radius 2 is 2.09 bits per heavy atom. The van der Waals surface area contributed by atoms with E-state index in [0.717, 1.165) is 10.6 Å². The van der Waals surface area contributed by atoms with E-state index in [1.54, 1.807) is 0 Å². The third-order valence-corrected chi connectivity index (χ3v) is 6.25. The van der Waals surface area contributed by atoms with Gasteiger partial charge in [-0.05, 0) is 0 Å². The van der Waals surface area contributed by atoms with Crippen LogP contribution in [0.3, 0.4) is 0 Å². The van der Waals surface area contributed by atoms with Crippen molar-refractivity contribution in [1.82, 2.24) is 5.32 Å². The van der Waals surface area contributed by atoms with Gasteiger partial charge in [-0.3, -0.25) is 0 Å². The van der Waals surface area contributed by atoms with E-state index in [1.165, 1.54) is 29.6 Å². The van der Waals surface area contributed by atoms with Crippen molar-refractivity contribution in [3.05, 3.63) is 0 Å². The average molecular weight is 207 g/mol. The zero-order valence-electron chi connectivity index (χ0n) is 6.41. The summed E-state index contributed by atoms with van der Waals surface area (Å²) in [5.41, 5.74) is 0. The van der Waals surface area contributed by atoms with E-state index in [-0.39, 0.29) is 0 Å². The maximum Gasteiger partial charge on any atom is 0.0661 e. The Bertz CT molecular complexity index is 119. The molecule has 2 saturated heterocycles. The number of hydrogen-bond donors (Lipinski definition) is 1. The molecule has 0 amide bonds. The molecule has 2 atom stereocenters. The molecule has 2 heterocycles. The van der Waals surface area contributed by atoms with E-state index in [2.05, 4.69) is 40.6 Å². The van der Waals surface area contributed by atoms with Gasteiger partial charge >= 0.3 is 0 Å². The lowest BCUT2D eigenvalue weighted by molar-refractivity contribution is 0.706. The molecule has 64 valence electrons. The Morgan fingerprint density at radius 3 is 2.73 bits per heavy atom. The minimum atomic E-state index is 0.757. The van der Waals surface area contributed by atoms with Crippen LogP contribution in [0.15, 0.2) is 0 Å². The van der Waals surface area contributed by atoms with Gasteiger partial charge in [0, 0.05) is 34.8 Å². The molecular formula is C7H13NS3. The minimum Gasteiger partial charge on any atom is -0.304 e. The number of nitrogens with one attached hydrogen (secondary N) is 1. The van der Waals surface area contributed by atoms with Gasteiger partial charge in [-0.1, -0.05) is 0 Å². The summed E-state index contributed by atoms with van der Waals surface area (Å²) in [6.45, 7) is 1.22. The van der Waals surface area contributed by atoms with Gasteiger partial charge in [-0.15, -0.1) is 11.8 Å². The van der Waals surface area contributed by atoms with Crippen molar-refractivity contribution >= 4 is 35.3 Å². The van der Waals surface area contributed by atoms with E-state index in [0.29, 0.717) is 0 Å². The van der Waals surface area contributed by atoms with Crippen LogP contribution in [0.5, 0.6) is 0 Å². The molecule has 2 fully saturated rings. The maximum absolute atomic E-state index is 3.56. The van der Waals surface area contributed by atoms with Gasteiger partial charge < -0.3 is 5.32 Å². The lowest BCUT2D eigenvalue weighted by atomic mass is 10.4. The van der Waals surface area contributed by atoms with Crippen LogP contribution in [0.1, 0.15) is 0 Å². The zero-order chi connectivity index (χ0) is 7.52. The molecule has 0 bridgehead atoms. The SMILES string of the molecule is C1CSC(C2CSCCS2)N1. The van der Waals surface area contributed by atoms with E-state index in [4.69, 9.17) is 0 Å². The van der Waals surface area contributed by atoms with Crippen molar-refractivity contribution in [2.75, 3.05) is 29.6 Å². The lowest BCUT2D eigenvalue weighted by Gasteiger charge is -2.25. The molecule has 11 heavy (non-hydrogen) atoms. The Kier molecular flexibility index (Phi) is 3.37. The largest absolute Gasteiger partial charge is 0.304 e. The molecule has 0 aromatic heterocycles. The molecule has 4 heteroatoms. The molecule has 2 aliphatic heterocycles. The standard InChI is InChI=1S/C7H13NS3/c1-2-11-7(8-1)6-5-9-3-4-10-6/h6-8H,1-5H2. The van der Waals surface area contributed by atoms with Crippen LogP contribution in [-0.2, 0) is 0 Å². The van der Waals surface area contributed by atoms with E-state index in [9.17, 15) is 0 Å². The molecule has 0 spiro atoms.